The van der Waals surface area contributed by atoms with Crippen LogP contribution in [0.2, 0.25) is 0 Å². The number of aromatic nitrogens is 1. The van der Waals surface area contributed by atoms with Crippen LogP contribution in [0.1, 0.15) is 28.8 Å². The molecule has 1 saturated carbocycles. The number of hydrogen-bond acceptors (Lipinski definition) is 5. The third-order valence-electron chi connectivity index (χ3n) is 6.78. The second-order valence-electron chi connectivity index (χ2n) is 9.08. The fourth-order valence-corrected chi connectivity index (χ4v) is 5.57. The van der Waals surface area contributed by atoms with Crippen molar-refractivity contribution in [2.75, 3.05) is 12.4 Å². The van der Waals surface area contributed by atoms with Crippen LogP contribution in [0.3, 0.4) is 0 Å². The minimum Gasteiger partial charge on any atom is -0.497 e. The summed E-state index contributed by atoms with van der Waals surface area (Å²) in [6, 6.07) is 7.92. The maximum absolute atomic E-state index is 13.4. The average molecular weight is 555 g/mol. The molecule has 1 saturated heterocycles. The smallest absolute Gasteiger partial charge is 0.335 e. The Labute approximate surface area is 214 Å². The molecule has 0 radical (unpaired) electrons. The minimum atomic E-state index is -1.08. The van der Waals surface area contributed by atoms with Gasteiger partial charge >= 0.3 is 18.0 Å². The zero-order chi connectivity index (χ0) is 25.7. The molecular formula is C25H23BrN4O6. The number of aromatic carboxylic acids is 1. The normalized spacial score (nSPS) is 20.2. The highest BCUT2D eigenvalue weighted by atomic mass is 79.9. The van der Waals surface area contributed by atoms with Gasteiger partial charge in [-0.15, -0.1) is 0 Å². The van der Waals surface area contributed by atoms with Crippen LogP contribution in [0.4, 0.5) is 15.3 Å². The minimum absolute atomic E-state index is 0.00574. The van der Waals surface area contributed by atoms with E-state index in [1.165, 1.54) is 30.0 Å². The molecule has 186 valence electrons. The number of Topliss-reactive ketones (excluding diaryl/α,β-unsaturated/α-hetero) is 1. The molecule has 3 atom stereocenters. The van der Waals surface area contributed by atoms with Gasteiger partial charge in [0.2, 0.25) is 0 Å². The number of ether oxygens (including phenoxy) is 1. The van der Waals surface area contributed by atoms with Gasteiger partial charge in [0.25, 0.3) is 0 Å². The molecule has 1 aliphatic heterocycles. The highest BCUT2D eigenvalue weighted by Crippen LogP contribution is 2.48. The molecule has 2 fully saturated rings. The number of urea groups is 1. The summed E-state index contributed by atoms with van der Waals surface area (Å²) in [6.07, 6.45) is 2.85. The highest BCUT2D eigenvalue weighted by molar-refractivity contribution is 9.10. The van der Waals surface area contributed by atoms with Gasteiger partial charge in [-0.05, 0) is 60.7 Å². The van der Waals surface area contributed by atoms with E-state index in [9.17, 15) is 24.3 Å². The molecule has 0 unspecified atom stereocenters. The zero-order valence-corrected chi connectivity index (χ0v) is 20.8. The number of nitrogens with zero attached hydrogens (tertiary/aromatic N) is 2. The fourth-order valence-electron chi connectivity index (χ4n) is 5.03. The first kappa shape index (κ1) is 23.9. The van der Waals surface area contributed by atoms with Crippen molar-refractivity contribution in [1.82, 2.24) is 9.47 Å². The molecule has 1 aromatic heterocycles. The van der Waals surface area contributed by atoms with Crippen molar-refractivity contribution in [3.63, 3.8) is 0 Å². The number of likely N-dealkylation sites (tertiary alicyclic amines) is 1. The molecule has 3 amide bonds. The first-order valence-electron chi connectivity index (χ1n) is 11.3. The Morgan fingerprint density at radius 2 is 1.94 bits per heavy atom. The zero-order valence-electron chi connectivity index (χ0n) is 19.2. The lowest BCUT2D eigenvalue weighted by Crippen LogP contribution is -2.45. The van der Waals surface area contributed by atoms with E-state index in [1.54, 1.807) is 29.2 Å². The Bertz CT molecular complexity index is 1430. The average Bonchev–Trinajstić information content (AvgIpc) is 3.34. The van der Waals surface area contributed by atoms with Gasteiger partial charge in [0, 0.05) is 28.5 Å². The van der Waals surface area contributed by atoms with Gasteiger partial charge in [0.15, 0.2) is 5.78 Å². The van der Waals surface area contributed by atoms with Crippen LogP contribution in [0.25, 0.3) is 10.9 Å². The first-order chi connectivity index (χ1) is 17.2. The Hall–Kier alpha value is -3.86. The van der Waals surface area contributed by atoms with E-state index >= 15 is 0 Å². The molecule has 11 heteroatoms. The van der Waals surface area contributed by atoms with Gasteiger partial charge in [0.05, 0.1) is 29.9 Å². The van der Waals surface area contributed by atoms with Crippen molar-refractivity contribution in [2.24, 2.45) is 11.7 Å². The van der Waals surface area contributed by atoms with Crippen molar-refractivity contribution >= 4 is 56.3 Å². The van der Waals surface area contributed by atoms with Gasteiger partial charge in [-0.1, -0.05) is 15.9 Å². The Morgan fingerprint density at radius 3 is 2.64 bits per heavy atom. The molecule has 1 aliphatic carbocycles. The van der Waals surface area contributed by atoms with Gasteiger partial charge < -0.3 is 25.8 Å². The predicted octanol–water partition coefficient (Wildman–Crippen LogP) is 3.84. The number of primary amides is 1. The van der Waals surface area contributed by atoms with E-state index in [1.807, 2.05) is 0 Å². The van der Waals surface area contributed by atoms with Gasteiger partial charge in [-0.2, -0.15) is 0 Å². The molecule has 3 aromatic rings. The molecule has 10 nitrogen and oxygen atoms in total. The molecule has 2 aliphatic rings. The number of carbonyl (C=O) groups excluding carboxylic acids is 3. The number of carboxylic acid groups (broad SMARTS) is 1. The number of carbonyl (C=O) groups is 4. The standard InChI is InChI=1S/C25H23BrN4O6/c1-36-16-2-3-19-17(10-16)18(11-29(19)24(27)34)28-25(35)30-20-8-13(20)9-21(30)22(31)6-12-4-14(23(32)33)7-15(26)5-12/h2-5,7,10-11,13,20-21H,6,8-9H2,1H3,(H2,27,34)(H,28,35)(H,32,33)/t13-,20-,21+/m1/s1. The molecule has 36 heavy (non-hydrogen) atoms. The van der Waals surface area contributed by atoms with Gasteiger partial charge in [0.1, 0.15) is 5.75 Å². The topological polar surface area (TPSA) is 144 Å². The van der Waals surface area contributed by atoms with E-state index in [0.29, 0.717) is 38.8 Å². The second-order valence-corrected chi connectivity index (χ2v) is 10.00. The van der Waals surface area contributed by atoms with Gasteiger partial charge in [-0.3, -0.25) is 9.36 Å². The number of piperidine rings is 1. The van der Waals surface area contributed by atoms with E-state index < -0.39 is 24.1 Å². The van der Waals surface area contributed by atoms with Crippen LogP contribution in [-0.4, -0.2) is 57.6 Å². The summed E-state index contributed by atoms with van der Waals surface area (Å²) in [5.41, 5.74) is 7.04. The van der Waals surface area contributed by atoms with Crippen LogP contribution in [0.15, 0.2) is 47.1 Å². The molecule has 2 heterocycles. The van der Waals surface area contributed by atoms with Crippen LogP contribution in [0, 0.1) is 5.92 Å². The van der Waals surface area contributed by atoms with Crippen molar-refractivity contribution in [1.29, 1.82) is 0 Å². The van der Waals surface area contributed by atoms with Crippen molar-refractivity contribution in [3.05, 3.63) is 58.2 Å². The fraction of sp³-hybridized carbons (Fsp3) is 0.280. The maximum Gasteiger partial charge on any atom is 0.335 e. The summed E-state index contributed by atoms with van der Waals surface area (Å²) in [7, 11) is 1.52. The molecule has 0 bridgehead atoms. The van der Waals surface area contributed by atoms with E-state index in [-0.39, 0.29) is 29.7 Å². The summed E-state index contributed by atoms with van der Waals surface area (Å²) in [5.74, 6) is -0.437. The number of methoxy groups -OCH3 is 1. The molecule has 0 spiro atoms. The summed E-state index contributed by atoms with van der Waals surface area (Å²) in [4.78, 5) is 51.6. The Balaban J connectivity index is 1.39. The number of nitrogens with two attached hydrogens (primary N) is 1. The first-order valence-corrected chi connectivity index (χ1v) is 12.1. The maximum atomic E-state index is 13.4. The number of halogens is 1. The summed E-state index contributed by atoms with van der Waals surface area (Å²) < 4.78 is 7.08. The monoisotopic (exact) mass is 554 g/mol. The summed E-state index contributed by atoms with van der Waals surface area (Å²) in [5, 5.41) is 12.7. The molecular weight excluding hydrogens is 532 g/mol. The predicted molar refractivity (Wildman–Crippen MR) is 134 cm³/mol. The molecule has 5 rings (SSSR count). The highest BCUT2D eigenvalue weighted by Gasteiger charge is 2.55. The number of hydrogen-bond donors (Lipinski definition) is 3. The van der Waals surface area contributed by atoms with Crippen LogP contribution in [-0.2, 0) is 11.2 Å². The third-order valence-corrected chi connectivity index (χ3v) is 7.24. The third kappa shape index (κ3) is 4.30. The second kappa shape index (κ2) is 8.98. The van der Waals surface area contributed by atoms with Gasteiger partial charge in [-0.25, -0.2) is 14.4 Å². The number of ketones is 1. The summed E-state index contributed by atoms with van der Waals surface area (Å²) >= 11 is 3.29. The van der Waals surface area contributed by atoms with E-state index in [2.05, 4.69) is 21.2 Å². The van der Waals surface area contributed by atoms with Crippen molar-refractivity contribution < 1.29 is 29.0 Å². The lowest BCUT2D eigenvalue weighted by molar-refractivity contribution is -0.122. The van der Waals surface area contributed by atoms with Crippen molar-refractivity contribution in [3.8, 4) is 5.75 Å². The van der Waals surface area contributed by atoms with E-state index in [4.69, 9.17) is 10.5 Å². The largest absolute Gasteiger partial charge is 0.497 e. The number of rotatable bonds is 6. The van der Waals surface area contributed by atoms with E-state index in [0.717, 1.165) is 6.42 Å². The molecule has 4 N–H and O–H groups in total. The number of anilines is 1. The molecule has 2 aromatic carbocycles. The van der Waals surface area contributed by atoms with Crippen LogP contribution in [0.5, 0.6) is 5.75 Å². The lowest BCUT2D eigenvalue weighted by Gasteiger charge is -2.27. The lowest BCUT2D eigenvalue weighted by atomic mass is 9.99. The number of fused-ring (bicyclic) bond motifs is 2. The number of carboxylic acids is 1. The van der Waals surface area contributed by atoms with Crippen LogP contribution >= 0.6 is 15.9 Å². The van der Waals surface area contributed by atoms with Crippen molar-refractivity contribution in [2.45, 2.75) is 31.3 Å². The number of amides is 3. The number of nitrogens with one attached hydrogen (secondary N) is 1. The number of benzene rings is 2. The van der Waals surface area contributed by atoms with Crippen LogP contribution < -0.4 is 15.8 Å². The Kier molecular flexibility index (Phi) is 5.95. The quantitative estimate of drug-likeness (QED) is 0.422. The Morgan fingerprint density at radius 1 is 1.17 bits per heavy atom. The summed E-state index contributed by atoms with van der Waals surface area (Å²) in [6.45, 7) is 0. The SMILES string of the molecule is COc1ccc2c(c1)c(NC(=O)N1[C@@H]3C[C@@H]3C[C@H]1C(=O)Cc1cc(Br)cc(C(=O)O)c1)cn2C(N)=O.